The van der Waals surface area contributed by atoms with E-state index >= 15 is 0 Å². The molecule has 2 aromatic rings. The third-order valence-electron chi connectivity index (χ3n) is 2.17. The van der Waals surface area contributed by atoms with Gasteiger partial charge in [-0.25, -0.2) is 15.0 Å². The molecule has 0 aromatic carbocycles. The molecule has 15 heavy (non-hydrogen) atoms. The molecule has 2 rings (SSSR count). The van der Waals surface area contributed by atoms with Crippen LogP contribution in [0.3, 0.4) is 0 Å². The van der Waals surface area contributed by atoms with Gasteiger partial charge in [0.25, 0.3) is 0 Å². The Hall–Kier alpha value is -1.33. The lowest BCUT2D eigenvalue weighted by Crippen LogP contribution is -2.19. The molecule has 4 nitrogen and oxygen atoms in total. The molecule has 2 heterocycles. The summed E-state index contributed by atoms with van der Waals surface area (Å²) in [4.78, 5) is 12.4. The smallest absolute Gasteiger partial charge is 0.115 e. The van der Waals surface area contributed by atoms with Crippen molar-refractivity contribution >= 4 is 11.3 Å². The molecule has 0 bridgehead atoms. The first kappa shape index (κ1) is 10.2. The van der Waals surface area contributed by atoms with Gasteiger partial charge in [-0.3, -0.25) is 0 Å². The summed E-state index contributed by atoms with van der Waals surface area (Å²) in [6, 6.07) is 2.13. The highest BCUT2D eigenvalue weighted by Gasteiger charge is 2.12. The van der Waals surface area contributed by atoms with E-state index in [1.807, 2.05) is 24.7 Å². The fraction of sp³-hybridized carbons (Fsp3) is 0.300. The second-order valence-corrected chi connectivity index (χ2v) is 4.08. The van der Waals surface area contributed by atoms with Gasteiger partial charge in [0, 0.05) is 24.2 Å². The van der Waals surface area contributed by atoms with E-state index in [0.29, 0.717) is 0 Å². The van der Waals surface area contributed by atoms with Gasteiger partial charge < -0.3 is 5.32 Å². The minimum atomic E-state index is 0.208. The third-order valence-corrected chi connectivity index (χ3v) is 2.97. The van der Waals surface area contributed by atoms with Crippen molar-refractivity contribution in [3.05, 3.63) is 40.9 Å². The van der Waals surface area contributed by atoms with Crippen LogP contribution in [0, 0.1) is 0 Å². The van der Waals surface area contributed by atoms with E-state index in [1.54, 1.807) is 23.9 Å². The molecule has 0 radical (unpaired) electrons. The van der Waals surface area contributed by atoms with Crippen LogP contribution in [0.5, 0.6) is 0 Å². The van der Waals surface area contributed by atoms with Crippen molar-refractivity contribution < 1.29 is 0 Å². The number of aromatic nitrogens is 3. The molecule has 78 valence electrons. The summed E-state index contributed by atoms with van der Waals surface area (Å²) in [6.07, 6.45) is 6.02. The maximum Gasteiger partial charge on any atom is 0.115 e. The minimum Gasteiger partial charge on any atom is -0.311 e. The Morgan fingerprint density at radius 3 is 2.93 bits per heavy atom. The van der Waals surface area contributed by atoms with Crippen LogP contribution in [-0.4, -0.2) is 22.0 Å². The van der Waals surface area contributed by atoms with Crippen molar-refractivity contribution in [2.45, 2.75) is 12.5 Å². The number of hydrogen-bond donors (Lipinski definition) is 1. The van der Waals surface area contributed by atoms with Gasteiger partial charge in [0.1, 0.15) is 6.33 Å². The zero-order valence-electron chi connectivity index (χ0n) is 8.42. The summed E-state index contributed by atoms with van der Waals surface area (Å²) in [7, 11) is 1.93. The van der Waals surface area contributed by atoms with E-state index in [-0.39, 0.29) is 6.04 Å². The van der Waals surface area contributed by atoms with E-state index in [0.717, 1.165) is 17.1 Å². The zero-order valence-corrected chi connectivity index (χ0v) is 9.24. The van der Waals surface area contributed by atoms with Gasteiger partial charge in [-0.05, 0) is 13.1 Å². The van der Waals surface area contributed by atoms with E-state index in [2.05, 4.69) is 20.3 Å². The van der Waals surface area contributed by atoms with Gasteiger partial charge in [0.2, 0.25) is 0 Å². The molecule has 1 unspecified atom stereocenters. The molecule has 0 saturated carbocycles. The molecule has 1 N–H and O–H groups in total. The zero-order chi connectivity index (χ0) is 10.5. The van der Waals surface area contributed by atoms with Crippen LogP contribution >= 0.6 is 11.3 Å². The number of rotatable bonds is 4. The Morgan fingerprint density at radius 1 is 1.40 bits per heavy atom. The number of likely N-dealkylation sites (N-methyl/N-ethyl adjacent to an activating group) is 1. The summed E-state index contributed by atoms with van der Waals surface area (Å²) in [5.41, 5.74) is 1.00. The minimum absolute atomic E-state index is 0.208. The highest BCUT2D eigenvalue weighted by Crippen LogP contribution is 2.16. The van der Waals surface area contributed by atoms with Crippen LogP contribution in [0.2, 0.25) is 0 Å². The van der Waals surface area contributed by atoms with Gasteiger partial charge in [0.05, 0.1) is 16.7 Å². The van der Waals surface area contributed by atoms with E-state index in [9.17, 15) is 0 Å². The molecule has 0 amide bonds. The monoisotopic (exact) mass is 220 g/mol. The second-order valence-electron chi connectivity index (χ2n) is 3.11. The lowest BCUT2D eigenvalue weighted by Gasteiger charge is -2.13. The Labute approximate surface area is 92.4 Å². The van der Waals surface area contributed by atoms with Gasteiger partial charge in [0.15, 0.2) is 0 Å². The first-order chi connectivity index (χ1) is 7.40. The largest absolute Gasteiger partial charge is 0.311 e. The van der Waals surface area contributed by atoms with Crippen molar-refractivity contribution in [3.8, 4) is 0 Å². The number of nitrogens with one attached hydrogen (secondary N) is 1. The number of hydrogen-bond acceptors (Lipinski definition) is 5. The average molecular weight is 220 g/mol. The van der Waals surface area contributed by atoms with Crippen LogP contribution in [-0.2, 0) is 6.42 Å². The van der Waals surface area contributed by atoms with Crippen molar-refractivity contribution in [2.24, 2.45) is 0 Å². The Kier molecular flexibility index (Phi) is 3.37. The van der Waals surface area contributed by atoms with Gasteiger partial charge in [-0.15, -0.1) is 11.3 Å². The fourth-order valence-electron chi connectivity index (χ4n) is 1.39. The van der Waals surface area contributed by atoms with Crippen LogP contribution in [0.1, 0.15) is 16.7 Å². The van der Waals surface area contributed by atoms with Crippen LogP contribution in [0.4, 0.5) is 0 Å². The summed E-state index contributed by atoms with van der Waals surface area (Å²) >= 11 is 1.67. The summed E-state index contributed by atoms with van der Waals surface area (Å²) < 4.78 is 0. The quantitative estimate of drug-likeness (QED) is 0.847. The highest BCUT2D eigenvalue weighted by molar-refractivity contribution is 7.09. The Bertz CT molecular complexity index is 387. The van der Waals surface area contributed by atoms with Crippen molar-refractivity contribution in [1.82, 2.24) is 20.3 Å². The molecular weight excluding hydrogens is 208 g/mol. The van der Waals surface area contributed by atoms with Crippen molar-refractivity contribution in [2.75, 3.05) is 7.05 Å². The van der Waals surface area contributed by atoms with Crippen LogP contribution in [0.25, 0.3) is 0 Å². The highest BCUT2D eigenvalue weighted by atomic mass is 32.1. The summed E-state index contributed by atoms with van der Waals surface area (Å²) in [6.45, 7) is 0. The molecule has 0 saturated heterocycles. The van der Waals surface area contributed by atoms with Crippen LogP contribution in [0.15, 0.2) is 30.2 Å². The average Bonchev–Trinajstić information content (AvgIpc) is 2.80. The van der Waals surface area contributed by atoms with Gasteiger partial charge in [-0.2, -0.15) is 0 Å². The maximum atomic E-state index is 4.26. The second kappa shape index (κ2) is 4.95. The fourth-order valence-corrected chi connectivity index (χ4v) is 2.05. The predicted octanol–water partition coefficient (Wildman–Crippen LogP) is 1.44. The van der Waals surface area contributed by atoms with Crippen LogP contribution < -0.4 is 5.32 Å². The SMILES string of the molecule is CNC(Cc1nccs1)c1ccncn1. The van der Waals surface area contributed by atoms with E-state index < -0.39 is 0 Å². The lowest BCUT2D eigenvalue weighted by molar-refractivity contribution is 0.573. The first-order valence-corrected chi connectivity index (χ1v) is 5.59. The molecule has 0 aliphatic carbocycles. The summed E-state index contributed by atoms with van der Waals surface area (Å²) in [5.74, 6) is 0. The molecule has 1 atom stereocenters. The third kappa shape index (κ3) is 2.57. The number of nitrogens with zero attached hydrogens (tertiary/aromatic N) is 3. The normalized spacial score (nSPS) is 12.6. The Balaban J connectivity index is 2.12. The first-order valence-electron chi connectivity index (χ1n) is 4.71. The maximum absolute atomic E-state index is 4.26. The summed E-state index contributed by atoms with van der Waals surface area (Å²) in [5, 5.41) is 6.34. The van der Waals surface area contributed by atoms with Gasteiger partial charge in [-0.1, -0.05) is 0 Å². The van der Waals surface area contributed by atoms with E-state index in [4.69, 9.17) is 0 Å². The topological polar surface area (TPSA) is 50.7 Å². The standard InChI is InChI=1S/C10H12N4S/c1-11-9(6-10-13-4-5-15-10)8-2-3-12-7-14-8/h2-5,7,9,11H,6H2,1H3. The predicted molar refractivity (Wildman–Crippen MR) is 59.7 cm³/mol. The lowest BCUT2D eigenvalue weighted by atomic mass is 10.1. The molecule has 0 aliphatic heterocycles. The molecule has 2 aromatic heterocycles. The molecule has 5 heteroatoms. The molecule has 0 spiro atoms. The molecular formula is C10H12N4S. The molecule has 0 fully saturated rings. The van der Waals surface area contributed by atoms with Crippen molar-refractivity contribution in [3.63, 3.8) is 0 Å². The van der Waals surface area contributed by atoms with Crippen molar-refractivity contribution in [1.29, 1.82) is 0 Å². The van der Waals surface area contributed by atoms with E-state index in [1.165, 1.54) is 0 Å². The Morgan fingerprint density at radius 2 is 2.33 bits per heavy atom. The number of thiazole rings is 1. The molecule has 0 aliphatic rings. The van der Waals surface area contributed by atoms with Gasteiger partial charge >= 0.3 is 0 Å².